The predicted octanol–water partition coefficient (Wildman–Crippen LogP) is 4.87. The Balaban J connectivity index is 1.69. The van der Waals surface area contributed by atoms with Gasteiger partial charge in [-0.15, -0.1) is 0 Å². The molecule has 1 aliphatic rings. The van der Waals surface area contributed by atoms with Gasteiger partial charge in [-0.2, -0.15) is 0 Å². The maximum absolute atomic E-state index is 13.4. The van der Waals surface area contributed by atoms with Crippen molar-refractivity contribution in [2.45, 2.75) is 71.0 Å². The Morgan fingerprint density at radius 1 is 1.08 bits per heavy atom. The molecule has 0 radical (unpaired) electrons. The lowest BCUT2D eigenvalue weighted by Crippen LogP contribution is -2.49. The number of hydrogen-bond donors (Lipinski definition) is 1. The number of carbonyl (C=O) groups is 2. The first-order valence-electron chi connectivity index (χ1n) is 13.1. The fraction of sp³-hybridized carbons (Fsp3) is 0.500. The van der Waals surface area contributed by atoms with Crippen molar-refractivity contribution in [3.05, 3.63) is 58.6 Å². The number of benzene rings is 2. The third-order valence-electron chi connectivity index (χ3n) is 6.72. The third kappa shape index (κ3) is 8.73. The fourth-order valence-corrected chi connectivity index (χ4v) is 5.87. The molecule has 0 heterocycles. The van der Waals surface area contributed by atoms with Crippen LogP contribution in [0.3, 0.4) is 0 Å². The van der Waals surface area contributed by atoms with E-state index < -0.39 is 16.1 Å². The minimum Gasteiger partial charge on any atom is -0.494 e. The zero-order chi connectivity index (χ0) is 27.7. The Labute approximate surface area is 234 Å². The van der Waals surface area contributed by atoms with E-state index in [0.717, 1.165) is 42.0 Å². The Kier molecular flexibility index (Phi) is 11.0. The second-order valence-electron chi connectivity index (χ2n) is 9.68. The number of nitrogens with zero attached hydrogens (tertiary/aromatic N) is 2. The molecule has 1 aliphatic carbocycles. The van der Waals surface area contributed by atoms with Crippen LogP contribution in [0.1, 0.15) is 57.9 Å². The Bertz CT molecular complexity index is 1170. The van der Waals surface area contributed by atoms with E-state index in [1.165, 1.54) is 4.31 Å². The standard InChI is InChI=1S/C28H38BrN3O5S/c1-4-37-26-17-15-25(16-18-26)32(38(3,35)36)19-7-10-27(33)31(20-22-11-13-23(29)14-12-22)21(2)28(34)30-24-8-5-6-9-24/h11-18,21,24H,4-10,19-20H2,1-3H3,(H,30,34)/t21-/m1/s1. The first kappa shape index (κ1) is 30.0. The average Bonchev–Trinajstić information content (AvgIpc) is 3.39. The molecule has 38 heavy (non-hydrogen) atoms. The zero-order valence-corrected chi connectivity index (χ0v) is 24.8. The normalized spacial score (nSPS) is 14.6. The van der Waals surface area contributed by atoms with Gasteiger partial charge in [0.15, 0.2) is 0 Å². The summed E-state index contributed by atoms with van der Waals surface area (Å²) in [6.07, 6.45) is 5.71. The summed E-state index contributed by atoms with van der Waals surface area (Å²) in [6.45, 7) is 4.59. The van der Waals surface area contributed by atoms with Gasteiger partial charge in [0.05, 0.1) is 18.6 Å². The second-order valence-corrected chi connectivity index (χ2v) is 12.5. The summed E-state index contributed by atoms with van der Waals surface area (Å²) >= 11 is 3.43. The topological polar surface area (TPSA) is 96.0 Å². The van der Waals surface area contributed by atoms with Gasteiger partial charge in [0.1, 0.15) is 11.8 Å². The smallest absolute Gasteiger partial charge is 0.242 e. The van der Waals surface area contributed by atoms with Gasteiger partial charge in [0, 0.05) is 30.0 Å². The Morgan fingerprint density at radius 3 is 2.29 bits per heavy atom. The molecule has 1 N–H and O–H groups in total. The first-order valence-corrected chi connectivity index (χ1v) is 15.8. The SMILES string of the molecule is CCOc1ccc(N(CCCC(=O)N(Cc2ccc(Br)cc2)[C@H](C)C(=O)NC2CCCC2)S(C)(=O)=O)cc1. The number of carbonyl (C=O) groups excluding carboxylic acids is 2. The molecule has 0 saturated heterocycles. The second kappa shape index (κ2) is 14.0. The molecule has 0 unspecified atom stereocenters. The van der Waals surface area contributed by atoms with Crippen molar-refractivity contribution in [1.29, 1.82) is 0 Å². The van der Waals surface area contributed by atoms with Crippen molar-refractivity contribution in [2.75, 3.05) is 23.7 Å². The first-order chi connectivity index (χ1) is 18.1. The van der Waals surface area contributed by atoms with Crippen molar-refractivity contribution < 1.29 is 22.7 Å². The molecule has 208 valence electrons. The molecule has 2 amide bonds. The van der Waals surface area contributed by atoms with E-state index in [4.69, 9.17) is 4.74 Å². The van der Waals surface area contributed by atoms with Gasteiger partial charge in [-0.1, -0.05) is 40.9 Å². The molecule has 0 aromatic heterocycles. The third-order valence-corrected chi connectivity index (χ3v) is 8.45. The maximum Gasteiger partial charge on any atom is 0.242 e. The van der Waals surface area contributed by atoms with Crippen LogP contribution in [-0.4, -0.2) is 56.6 Å². The average molecular weight is 609 g/mol. The molecule has 0 bridgehead atoms. The molecule has 10 heteroatoms. The molecule has 0 aliphatic heterocycles. The predicted molar refractivity (Wildman–Crippen MR) is 154 cm³/mol. The van der Waals surface area contributed by atoms with E-state index in [1.54, 1.807) is 36.1 Å². The number of ether oxygens (including phenoxy) is 1. The molecule has 3 rings (SSSR count). The van der Waals surface area contributed by atoms with Gasteiger partial charge >= 0.3 is 0 Å². The van der Waals surface area contributed by atoms with Gasteiger partial charge in [-0.05, 0) is 75.1 Å². The quantitative estimate of drug-likeness (QED) is 0.350. The number of sulfonamides is 1. The monoisotopic (exact) mass is 607 g/mol. The Morgan fingerprint density at radius 2 is 1.71 bits per heavy atom. The van der Waals surface area contributed by atoms with Crippen LogP contribution in [0.25, 0.3) is 0 Å². The van der Waals surface area contributed by atoms with Crippen LogP contribution >= 0.6 is 15.9 Å². The van der Waals surface area contributed by atoms with Gasteiger partial charge in [-0.25, -0.2) is 8.42 Å². The lowest BCUT2D eigenvalue weighted by Gasteiger charge is -2.30. The molecule has 2 aromatic carbocycles. The van der Waals surface area contributed by atoms with Gasteiger partial charge < -0.3 is 15.0 Å². The minimum absolute atomic E-state index is 0.112. The van der Waals surface area contributed by atoms with Crippen molar-refractivity contribution in [2.24, 2.45) is 0 Å². The highest BCUT2D eigenvalue weighted by atomic mass is 79.9. The Hall–Kier alpha value is -2.59. The molecule has 1 atom stereocenters. The van der Waals surface area contributed by atoms with Crippen LogP contribution < -0.4 is 14.4 Å². The van der Waals surface area contributed by atoms with E-state index in [9.17, 15) is 18.0 Å². The molecule has 8 nitrogen and oxygen atoms in total. The number of nitrogens with one attached hydrogen (secondary N) is 1. The fourth-order valence-electron chi connectivity index (χ4n) is 4.64. The van der Waals surface area contributed by atoms with Crippen LogP contribution in [0.4, 0.5) is 5.69 Å². The summed E-state index contributed by atoms with van der Waals surface area (Å²) in [5, 5.41) is 3.10. The summed E-state index contributed by atoms with van der Waals surface area (Å²) in [6, 6.07) is 14.0. The molecule has 0 spiro atoms. The summed E-state index contributed by atoms with van der Waals surface area (Å²) in [7, 11) is -3.56. The highest BCUT2D eigenvalue weighted by molar-refractivity contribution is 9.10. The minimum atomic E-state index is -3.56. The van der Waals surface area contributed by atoms with E-state index in [0.29, 0.717) is 31.0 Å². The number of hydrogen-bond acceptors (Lipinski definition) is 5. The van der Waals surface area contributed by atoms with Crippen molar-refractivity contribution >= 4 is 43.5 Å². The number of rotatable bonds is 13. The molecular formula is C28H38BrN3O5S. The summed E-state index contributed by atoms with van der Waals surface area (Å²) < 4.78 is 32.7. The van der Waals surface area contributed by atoms with E-state index >= 15 is 0 Å². The maximum atomic E-state index is 13.4. The zero-order valence-electron chi connectivity index (χ0n) is 22.4. The summed E-state index contributed by atoms with van der Waals surface area (Å²) in [4.78, 5) is 28.1. The van der Waals surface area contributed by atoms with Gasteiger partial charge in [-0.3, -0.25) is 13.9 Å². The summed E-state index contributed by atoms with van der Waals surface area (Å²) in [5.41, 5.74) is 1.42. The van der Waals surface area contributed by atoms with Crippen LogP contribution in [0.15, 0.2) is 53.0 Å². The van der Waals surface area contributed by atoms with E-state index in [-0.39, 0.29) is 30.8 Å². The van der Waals surface area contributed by atoms with E-state index in [2.05, 4.69) is 21.2 Å². The van der Waals surface area contributed by atoms with Crippen LogP contribution in [0.5, 0.6) is 5.75 Å². The van der Waals surface area contributed by atoms with Crippen LogP contribution in [0, 0.1) is 0 Å². The molecular weight excluding hydrogens is 570 g/mol. The van der Waals surface area contributed by atoms with Crippen molar-refractivity contribution in [3.63, 3.8) is 0 Å². The number of anilines is 1. The largest absolute Gasteiger partial charge is 0.494 e. The summed E-state index contributed by atoms with van der Waals surface area (Å²) in [5.74, 6) is 0.310. The van der Waals surface area contributed by atoms with Crippen LogP contribution in [0.2, 0.25) is 0 Å². The van der Waals surface area contributed by atoms with Crippen molar-refractivity contribution in [1.82, 2.24) is 10.2 Å². The molecule has 1 fully saturated rings. The lowest BCUT2D eigenvalue weighted by molar-refractivity contribution is -0.141. The number of halogens is 1. The number of amides is 2. The van der Waals surface area contributed by atoms with Crippen LogP contribution in [-0.2, 0) is 26.2 Å². The highest BCUT2D eigenvalue weighted by Crippen LogP contribution is 2.23. The lowest BCUT2D eigenvalue weighted by atomic mass is 10.1. The molecule has 2 aromatic rings. The molecule has 1 saturated carbocycles. The highest BCUT2D eigenvalue weighted by Gasteiger charge is 2.28. The van der Waals surface area contributed by atoms with Crippen molar-refractivity contribution in [3.8, 4) is 5.75 Å². The van der Waals surface area contributed by atoms with Gasteiger partial charge in [0.25, 0.3) is 0 Å². The van der Waals surface area contributed by atoms with E-state index in [1.807, 2.05) is 31.2 Å². The van der Waals surface area contributed by atoms with Gasteiger partial charge in [0.2, 0.25) is 21.8 Å².